The van der Waals surface area contributed by atoms with Crippen LogP contribution >= 0.6 is 12.4 Å². The molecule has 1 aromatic rings. The van der Waals surface area contributed by atoms with Crippen molar-refractivity contribution < 1.29 is 13.2 Å². The molecule has 1 amide bonds. The van der Waals surface area contributed by atoms with Crippen LogP contribution in [0.1, 0.15) is 47.4 Å². The molecule has 8 nitrogen and oxygen atoms in total. The fraction of sp³-hybridized carbons (Fsp3) is 0.733. The summed E-state index contributed by atoms with van der Waals surface area (Å²) in [6.45, 7) is 2.62. The lowest BCUT2D eigenvalue weighted by molar-refractivity contribution is 0.0596. The minimum absolute atomic E-state index is 0. The lowest BCUT2D eigenvalue weighted by Gasteiger charge is -2.35. The highest BCUT2D eigenvalue weighted by molar-refractivity contribution is 7.88. The Balaban J connectivity index is 0.00000225. The molecule has 1 saturated heterocycles. The Kier molecular flexibility index (Phi) is 6.84. The Labute approximate surface area is 154 Å². The molecule has 142 valence electrons. The number of hydrogen-bond acceptors (Lipinski definition) is 5. The Morgan fingerprint density at radius 2 is 2.20 bits per heavy atom. The first kappa shape index (κ1) is 20.2. The number of sulfonamides is 1. The molecule has 1 aromatic heterocycles. The number of nitrogens with one attached hydrogen (secondary N) is 3. The average Bonchev–Trinajstić information content (AvgIpc) is 2.97. The van der Waals surface area contributed by atoms with Crippen molar-refractivity contribution in [3.05, 3.63) is 17.0 Å². The summed E-state index contributed by atoms with van der Waals surface area (Å²) in [4.78, 5) is 14.9. The molecule has 0 saturated carbocycles. The number of carbonyl (C=O) groups excluding carboxylic acids is 1. The number of nitrogens with zero attached hydrogens (tertiary/aromatic N) is 2. The highest BCUT2D eigenvalue weighted by Crippen LogP contribution is 2.24. The Morgan fingerprint density at radius 3 is 2.96 bits per heavy atom. The quantitative estimate of drug-likeness (QED) is 0.674. The van der Waals surface area contributed by atoms with E-state index in [2.05, 4.69) is 20.2 Å². The van der Waals surface area contributed by atoms with Gasteiger partial charge in [0.05, 0.1) is 6.26 Å². The number of H-pyrrole nitrogens is 1. The predicted molar refractivity (Wildman–Crippen MR) is 97.4 cm³/mol. The average molecular weight is 392 g/mol. The van der Waals surface area contributed by atoms with Gasteiger partial charge in [0.15, 0.2) is 5.69 Å². The first-order valence-corrected chi connectivity index (χ1v) is 10.4. The van der Waals surface area contributed by atoms with Gasteiger partial charge in [-0.05, 0) is 25.7 Å². The molecule has 1 fully saturated rings. The second-order valence-corrected chi connectivity index (χ2v) is 8.39. The molecule has 3 heterocycles. The maximum Gasteiger partial charge on any atom is 0.274 e. The van der Waals surface area contributed by atoms with E-state index in [0.29, 0.717) is 31.7 Å². The highest BCUT2D eigenvalue weighted by atomic mass is 35.5. The van der Waals surface area contributed by atoms with Gasteiger partial charge in [-0.1, -0.05) is 0 Å². The van der Waals surface area contributed by atoms with Crippen LogP contribution in [-0.2, 0) is 23.0 Å². The number of carbonyl (C=O) groups is 1. The van der Waals surface area contributed by atoms with Crippen molar-refractivity contribution in [2.75, 3.05) is 25.9 Å². The Morgan fingerprint density at radius 1 is 1.40 bits per heavy atom. The summed E-state index contributed by atoms with van der Waals surface area (Å²) in [7, 11) is -3.20. The van der Waals surface area contributed by atoms with Gasteiger partial charge in [0.1, 0.15) is 0 Å². The SMILES string of the molecule is CS(=O)(=O)NCCC1CCCCN1C(=O)c1n[nH]c2c1CNCC2.Cl. The van der Waals surface area contributed by atoms with Crippen molar-refractivity contribution in [3.63, 3.8) is 0 Å². The molecular weight excluding hydrogens is 366 g/mol. The zero-order valence-corrected chi connectivity index (χ0v) is 16.0. The smallest absolute Gasteiger partial charge is 0.274 e. The van der Waals surface area contributed by atoms with Crippen LogP contribution in [0.2, 0.25) is 0 Å². The lowest BCUT2D eigenvalue weighted by Crippen LogP contribution is -2.45. The van der Waals surface area contributed by atoms with E-state index in [1.54, 1.807) is 0 Å². The third-order valence-electron chi connectivity index (χ3n) is 4.74. The molecule has 3 rings (SSSR count). The van der Waals surface area contributed by atoms with Gasteiger partial charge in [0, 0.05) is 49.9 Å². The molecule has 2 aliphatic heterocycles. The Bertz CT molecular complexity index is 706. The monoisotopic (exact) mass is 391 g/mol. The van der Waals surface area contributed by atoms with Crippen LogP contribution in [0.5, 0.6) is 0 Å². The van der Waals surface area contributed by atoms with Crippen molar-refractivity contribution in [2.45, 2.75) is 44.7 Å². The molecule has 1 unspecified atom stereocenters. The van der Waals surface area contributed by atoms with Crippen molar-refractivity contribution in [3.8, 4) is 0 Å². The number of aromatic amines is 1. The van der Waals surface area contributed by atoms with Gasteiger partial charge < -0.3 is 10.2 Å². The third-order valence-corrected chi connectivity index (χ3v) is 5.47. The number of likely N-dealkylation sites (tertiary alicyclic amines) is 1. The summed E-state index contributed by atoms with van der Waals surface area (Å²) in [5.41, 5.74) is 2.54. The summed E-state index contributed by atoms with van der Waals surface area (Å²) >= 11 is 0. The molecule has 2 aliphatic rings. The number of fused-ring (bicyclic) bond motifs is 1. The molecule has 10 heteroatoms. The Hall–Kier alpha value is -1.16. The largest absolute Gasteiger partial charge is 0.334 e. The molecule has 25 heavy (non-hydrogen) atoms. The molecule has 0 bridgehead atoms. The zero-order valence-electron chi connectivity index (χ0n) is 14.4. The fourth-order valence-corrected chi connectivity index (χ4v) is 4.01. The second-order valence-electron chi connectivity index (χ2n) is 6.56. The summed E-state index contributed by atoms with van der Waals surface area (Å²) in [5.74, 6) is -0.0414. The second kappa shape index (κ2) is 8.48. The number of piperidine rings is 1. The van der Waals surface area contributed by atoms with Gasteiger partial charge in [-0.25, -0.2) is 13.1 Å². The fourth-order valence-electron chi connectivity index (χ4n) is 3.52. The highest BCUT2D eigenvalue weighted by Gasteiger charge is 2.31. The third kappa shape index (κ3) is 4.93. The van der Waals surface area contributed by atoms with E-state index in [-0.39, 0.29) is 24.4 Å². The summed E-state index contributed by atoms with van der Waals surface area (Å²) in [6, 6.07) is 0.0596. The molecule has 0 spiro atoms. The van der Waals surface area contributed by atoms with Crippen LogP contribution in [-0.4, -0.2) is 61.4 Å². The van der Waals surface area contributed by atoms with E-state index in [0.717, 1.165) is 49.7 Å². The lowest BCUT2D eigenvalue weighted by atomic mass is 9.98. The van der Waals surface area contributed by atoms with Crippen LogP contribution < -0.4 is 10.0 Å². The van der Waals surface area contributed by atoms with Crippen molar-refractivity contribution in [1.29, 1.82) is 0 Å². The molecule has 0 radical (unpaired) electrons. The van der Waals surface area contributed by atoms with Gasteiger partial charge in [0.2, 0.25) is 10.0 Å². The maximum absolute atomic E-state index is 13.0. The van der Waals surface area contributed by atoms with E-state index < -0.39 is 10.0 Å². The van der Waals surface area contributed by atoms with E-state index >= 15 is 0 Å². The minimum Gasteiger partial charge on any atom is -0.334 e. The minimum atomic E-state index is -3.20. The summed E-state index contributed by atoms with van der Waals surface area (Å²) in [6.07, 6.45) is 5.59. The summed E-state index contributed by atoms with van der Waals surface area (Å²) in [5, 5.41) is 10.5. The van der Waals surface area contributed by atoms with E-state index in [1.807, 2.05) is 4.90 Å². The zero-order chi connectivity index (χ0) is 17.2. The van der Waals surface area contributed by atoms with Crippen LogP contribution in [0.3, 0.4) is 0 Å². The topological polar surface area (TPSA) is 107 Å². The standard InChI is InChI=1S/C15H25N5O3S.ClH/c1-24(22,23)17-8-5-11-4-2-3-9-20(11)15(21)14-12-10-16-7-6-13(12)18-19-14;/h11,16-17H,2-10H2,1H3,(H,18,19);1H. The number of aromatic nitrogens is 2. The van der Waals surface area contributed by atoms with E-state index in [9.17, 15) is 13.2 Å². The predicted octanol–water partition coefficient (Wildman–Crippen LogP) is 0.411. The van der Waals surface area contributed by atoms with E-state index in [4.69, 9.17) is 0 Å². The maximum atomic E-state index is 13.0. The number of amides is 1. The molecule has 1 atom stereocenters. The van der Waals surface area contributed by atoms with Gasteiger partial charge in [-0.3, -0.25) is 9.89 Å². The number of halogens is 1. The molecular formula is C15H26ClN5O3S. The van der Waals surface area contributed by atoms with Crippen molar-refractivity contribution in [1.82, 2.24) is 25.1 Å². The van der Waals surface area contributed by atoms with E-state index in [1.165, 1.54) is 0 Å². The first-order chi connectivity index (χ1) is 11.5. The van der Waals surface area contributed by atoms with Gasteiger partial charge in [-0.2, -0.15) is 5.10 Å². The van der Waals surface area contributed by atoms with Crippen LogP contribution in [0, 0.1) is 0 Å². The summed E-state index contributed by atoms with van der Waals surface area (Å²) < 4.78 is 25.0. The van der Waals surface area contributed by atoms with Crippen molar-refractivity contribution in [2.24, 2.45) is 0 Å². The van der Waals surface area contributed by atoms with Gasteiger partial charge in [-0.15, -0.1) is 12.4 Å². The first-order valence-electron chi connectivity index (χ1n) is 8.48. The van der Waals surface area contributed by atoms with Crippen LogP contribution in [0.25, 0.3) is 0 Å². The molecule has 0 aliphatic carbocycles. The van der Waals surface area contributed by atoms with Crippen LogP contribution in [0.15, 0.2) is 0 Å². The van der Waals surface area contributed by atoms with Crippen molar-refractivity contribution >= 4 is 28.3 Å². The van der Waals surface area contributed by atoms with Crippen LogP contribution in [0.4, 0.5) is 0 Å². The normalized spacial score (nSPS) is 20.7. The molecule has 0 aromatic carbocycles. The number of rotatable bonds is 5. The molecule has 3 N–H and O–H groups in total. The van der Waals surface area contributed by atoms with Gasteiger partial charge >= 0.3 is 0 Å². The van der Waals surface area contributed by atoms with Gasteiger partial charge in [0.25, 0.3) is 5.91 Å². The number of hydrogen-bond donors (Lipinski definition) is 3.